The third-order valence-corrected chi connectivity index (χ3v) is 4.21. The van der Waals surface area contributed by atoms with E-state index in [0.717, 1.165) is 18.5 Å². The van der Waals surface area contributed by atoms with Crippen LogP contribution in [0.1, 0.15) is 24.4 Å². The van der Waals surface area contributed by atoms with Gasteiger partial charge in [0.1, 0.15) is 0 Å². The second kappa shape index (κ2) is 7.79. The monoisotopic (exact) mass is 321 g/mol. The Morgan fingerprint density at radius 2 is 1.79 bits per heavy atom. The molecule has 124 valence electrons. The number of nitrogens with zero attached hydrogens (tertiary/aromatic N) is 1. The molecule has 0 aliphatic rings. The first-order valence-electron chi connectivity index (χ1n) is 8.35. The van der Waals surface area contributed by atoms with E-state index in [-0.39, 0.29) is 11.9 Å². The summed E-state index contributed by atoms with van der Waals surface area (Å²) in [5.74, 6) is 0.00344. The Kier molecular flexibility index (Phi) is 5.29. The number of amides is 1. The fraction of sp³-hybridized carbons (Fsp3) is 0.250. The van der Waals surface area contributed by atoms with Crippen LogP contribution in [0.3, 0.4) is 0 Å². The van der Waals surface area contributed by atoms with E-state index in [1.807, 2.05) is 42.5 Å². The predicted octanol–water partition coefficient (Wildman–Crippen LogP) is 3.24. The highest BCUT2D eigenvalue weighted by Gasteiger charge is 2.10. The number of carbonyl (C=O) groups is 1. The van der Waals surface area contributed by atoms with Crippen LogP contribution >= 0.6 is 0 Å². The summed E-state index contributed by atoms with van der Waals surface area (Å²) >= 11 is 0. The Hall–Kier alpha value is -2.59. The number of hydrogen-bond acceptors (Lipinski definition) is 2. The van der Waals surface area contributed by atoms with Gasteiger partial charge >= 0.3 is 0 Å². The van der Waals surface area contributed by atoms with Crippen molar-refractivity contribution in [2.24, 2.45) is 5.73 Å². The molecule has 0 fully saturated rings. The van der Waals surface area contributed by atoms with Gasteiger partial charge in [0, 0.05) is 37.3 Å². The van der Waals surface area contributed by atoms with E-state index in [4.69, 9.17) is 5.73 Å². The van der Waals surface area contributed by atoms with Crippen molar-refractivity contribution in [3.63, 3.8) is 0 Å². The van der Waals surface area contributed by atoms with Crippen molar-refractivity contribution < 1.29 is 4.79 Å². The number of fused-ring (bicyclic) bond motifs is 1. The summed E-state index contributed by atoms with van der Waals surface area (Å²) in [5, 5.41) is 4.21. The average molecular weight is 321 g/mol. The van der Waals surface area contributed by atoms with Crippen molar-refractivity contribution >= 4 is 16.8 Å². The smallest absolute Gasteiger partial charge is 0.221 e. The molecule has 0 saturated carbocycles. The van der Waals surface area contributed by atoms with E-state index in [9.17, 15) is 4.79 Å². The van der Waals surface area contributed by atoms with E-state index >= 15 is 0 Å². The Morgan fingerprint density at radius 3 is 2.62 bits per heavy atom. The van der Waals surface area contributed by atoms with Crippen LogP contribution in [-0.2, 0) is 11.3 Å². The molecule has 0 aliphatic heterocycles. The van der Waals surface area contributed by atoms with Gasteiger partial charge in [0.2, 0.25) is 5.91 Å². The van der Waals surface area contributed by atoms with Crippen LogP contribution in [0.4, 0.5) is 0 Å². The van der Waals surface area contributed by atoms with Gasteiger partial charge in [-0.2, -0.15) is 0 Å². The maximum Gasteiger partial charge on any atom is 0.221 e. The Balaban J connectivity index is 1.42. The van der Waals surface area contributed by atoms with Gasteiger partial charge in [0.25, 0.3) is 0 Å². The molecule has 3 rings (SSSR count). The first-order chi connectivity index (χ1) is 11.7. The van der Waals surface area contributed by atoms with Gasteiger partial charge in [-0.3, -0.25) is 4.79 Å². The van der Waals surface area contributed by atoms with Crippen LogP contribution in [0.15, 0.2) is 66.9 Å². The SMILES string of the molecule is NC(CC(=O)NCCCn1ccc2ccccc21)c1ccccc1. The third kappa shape index (κ3) is 4.03. The lowest BCUT2D eigenvalue weighted by atomic mass is 10.0. The average Bonchev–Trinajstić information content (AvgIpc) is 3.03. The van der Waals surface area contributed by atoms with Gasteiger partial charge in [0.05, 0.1) is 0 Å². The molecule has 1 amide bonds. The molecule has 4 nitrogen and oxygen atoms in total. The highest BCUT2D eigenvalue weighted by atomic mass is 16.1. The highest BCUT2D eigenvalue weighted by molar-refractivity contribution is 5.80. The summed E-state index contributed by atoms with van der Waals surface area (Å²) < 4.78 is 2.22. The number of aromatic nitrogens is 1. The summed E-state index contributed by atoms with van der Waals surface area (Å²) in [4.78, 5) is 12.0. The number of nitrogens with one attached hydrogen (secondary N) is 1. The molecule has 0 spiro atoms. The van der Waals surface area contributed by atoms with Crippen LogP contribution in [0.5, 0.6) is 0 Å². The number of carbonyl (C=O) groups excluding carboxylic acids is 1. The second-order valence-corrected chi connectivity index (χ2v) is 5.99. The molecule has 4 heteroatoms. The standard InChI is InChI=1S/C20H23N3O/c21-18(16-7-2-1-3-8-16)15-20(24)22-12-6-13-23-14-11-17-9-4-5-10-19(17)23/h1-5,7-11,14,18H,6,12-13,15,21H2,(H,22,24). The van der Waals surface area contributed by atoms with Crippen molar-refractivity contribution in [1.29, 1.82) is 0 Å². The summed E-state index contributed by atoms with van der Waals surface area (Å²) in [6, 6.07) is 19.9. The van der Waals surface area contributed by atoms with Crippen LogP contribution < -0.4 is 11.1 Å². The molecule has 24 heavy (non-hydrogen) atoms. The second-order valence-electron chi connectivity index (χ2n) is 5.99. The van der Waals surface area contributed by atoms with Gasteiger partial charge in [0.15, 0.2) is 0 Å². The van der Waals surface area contributed by atoms with Crippen LogP contribution in [-0.4, -0.2) is 17.0 Å². The van der Waals surface area contributed by atoms with Crippen molar-refractivity contribution in [2.45, 2.75) is 25.4 Å². The van der Waals surface area contributed by atoms with Crippen molar-refractivity contribution in [3.8, 4) is 0 Å². The summed E-state index contributed by atoms with van der Waals surface area (Å²) in [7, 11) is 0. The fourth-order valence-electron chi connectivity index (χ4n) is 2.90. The number of rotatable bonds is 7. The zero-order valence-electron chi connectivity index (χ0n) is 13.7. The molecule has 1 aromatic heterocycles. The maximum atomic E-state index is 12.0. The zero-order valence-corrected chi connectivity index (χ0v) is 13.7. The zero-order chi connectivity index (χ0) is 16.8. The topological polar surface area (TPSA) is 60.1 Å². The third-order valence-electron chi connectivity index (χ3n) is 4.21. The maximum absolute atomic E-state index is 12.0. The predicted molar refractivity (Wildman–Crippen MR) is 97.6 cm³/mol. The fourth-order valence-corrected chi connectivity index (χ4v) is 2.90. The molecule has 3 aromatic rings. The summed E-state index contributed by atoms with van der Waals surface area (Å²) in [6.07, 6.45) is 3.30. The number of benzene rings is 2. The summed E-state index contributed by atoms with van der Waals surface area (Å²) in [5.41, 5.74) is 8.30. The van der Waals surface area contributed by atoms with E-state index in [1.54, 1.807) is 0 Å². The molecule has 0 bridgehead atoms. The first-order valence-corrected chi connectivity index (χ1v) is 8.35. The minimum Gasteiger partial charge on any atom is -0.356 e. The molecule has 1 heterocycles. The van der Waals surface area contributed by atoms with E-state index in [1.165, 1.54) is 10.9 Å². The molecule has 0 radical (unpaired) electrons. The lowest BCUT2D eigenvalue weighted by Gasteiger charge is -2.12. The quantitative estimate of drug-likeness (QED) is 0.656. The van der Waals surface area contributed by atoms with Gasteiger partial charge in [-0.05, 0) is 29.5 Å². The van der Waals surface area contributed by atoms with Crippen LogP contribution in [0.25, 0.3) is 10.9 Å². The Labute approximate surface area is 142 Å². The molecule has 0 aliphatic carbocycles. The number of para-hydroxylation sites is 1. The molecular formula is C20H23N3O. The van der Waals surface area contributed by atoms with E-state index < -0.39 is 0 Å². The lowest BCUT2D eigenvalue weighted by Crippen LogP contribution is -2.28. The van der Waals surface area contributed by atoms with Crippen molar-refractivity contribution in [3.05, 3.63) is 72.4 Å². The van der Waals surface area contributed by atoms with Crippen molar-refractivity contribution in [2.75, 3.05) is 6.54 Å². The van der Waals surface area contributed by atoms with Crippen LogP contribution in [0.2, 0.25) is 0 Å². The molecule has 1 atom stereocenters. The van der Waals surface area contributed by atoms with Gasteiger partial charge < -0.3 is 15.6 Å². The highest BCUT2D eigenvalue weighted by Crippen LogP contribution is 2.15. The normalized spacial score (nSPS) is 12.2. The van der Waals surface area contributed by atoms with Gasteiger partial charge in [-0.1, -0.05) is 48.5 Å². The van der Waals surface area contributed by atoms with E-state index in [0.29, 0.717) is 13.0 Å². The van der Waals surface area contributed by atoms with Crippen molar-refractivity contribution in [1.82, 2.24) is 9.88 Å². The van der Waals surface area contributed by atoms with Gasteiger partial charge in [-0.15, -0.1) is 0 Å². The molecule has 0 saturated heterocycles. The first kappa shape index (κ1) is 16.3. The molecule has 3 N–H and O–H groups in total. The lowest BCUT2D eigenvalue weighted by molar-refractivity contribution is -0.121. The van der Waals surface area contributed by atoms with E-state index in [2.05, 4.69) is 34.3 Å². The molecule has 2 aromatic carbocycles. The Morgan fingerprint density at radius 1 is 1.04 bits per heavy atom. The number of nitrogens with two attached hydrogens (primary N) is 1. The minimum atomic E-state index is -0.250. The minimum absolute atomic E-state index is 0.00344. The summed E-state index contributed by atoms with van der Waals surface area (Å²) in [6.45, 7) is 1.55. The molecular weight excluding hydrogens is 298 g/mol. The van der Waals surface area contributed by atoms with Gasteiger partial charge in [-0.25, -0.2) is 0 Å². The Bertz CT molecular complexity index is 795. The van der Waals surface area contributed by atoms with Crippen LogP contribution in [0, 0.1) is 0 Å². The number of hydrogen-bond donors (Lipinski definition) is 2. The number of aryl methyl sites for hydroxylation is 1. The molecule has 1 unspecified atom stereocenters. The largest absolute Gasteiger partial charge is 0.356 e.